The molecule has 0 aliphatic carbocycles. The zero-order valence-electron chi connectivity index (χ0n) is 14.7. The Kier molecular flexibility index (Phi) is 6.03. The van der Waals surface area contributed by atoms with Crippen molar-refractivity contribution in [3.05, 3.63) is 52.2 Å². The summed E-state index contributed by atoms with van der Waals surface area (Å²) in [6.07, 6.45) is -0.474. The number of β-amino-alcohol motifs (C(OH)–C–C–N with tert-alkyl or cyclic N) is 1. The first kappa shape index (κ1) is 18.6. The van der Waals surface area contributed by atoms with Gasteiger partial charge in [-0.25, -0.2) is 0 Å². The van der Waals surface area contributed by atoms with Gasteiger partial charge in [0.1, 0.15) is 6.10 Å². The molecule has 1 atom stereocenters. The van der Waals surface area contributed by atoms with Crippen molar-refractivity contribution in [1.29, 1.82) is 0 Å². The number of hydrogen-bond acceptors (Lipinski definition) is 5. The number of thiophene rings is 1. The number of nitrogens with zero attached hydrogens (tertiary/aromatic N) is 2. The Morgan fingerprint density at radius 3 is 2.42 bits per heavy atom. The molecule has 1 aliphatic rings. The van der Waals surface area contributed by atoms with Crippen molar-refractivity contribution in [3.8, 4) is 0 Å². The molecule has 1 fully saturated rings. The number of benzene rings is 1. The van der Waals surface area contributed by atoms with Crippen molar-refractivity contribution in [1.82, 2.24) is 9.80 Å². The van der Waals surface area contributed by atoms with E-state index in [2.05, 4.69) is 10.2 Å². The third-order valence-electron chi connectivity index (χ3n) is 4.41. The molecule has 138 valence electrons. The van der Waals surface area contributed by atoms with Crippen LogP contribution in [-0.2, 0) is 4.79 Å². The Morgan fingerprint density at radius 1 is 1.15 bits per heavy atom. The second kappa shape index (κ2) is 8.44. The van der Waals surface area contributed by atoms with Crippen LogP contribution in [0, 0.1) is 0 Å². The summed E-state index contributed by atoms with van der Waals surface area (Å²) >= 11 is 1.56. The molecule has 26 heavy (non-hydrogen) atoms. The fraction of sp³-hybridized carbons (Fsp3) is 0.368. The molecule has 1 unspecified atom stereocenters. The minimum absolute atomic E-state index is 0.00201. The number of aliphatic hydroxyl groups is 1. The lowest BCUT2D eigenvalue weighted by atomic mass is 10.1. The molecule has 2 amide bonds. The number of amides is 2. The van der Waals surface area contributed by atoms with Crippen molar-refractivity contribution in [2.24, 2.45) is 0 Å². The summed E-state index contributed by atoms with van der Waals surface area (Å²) in [5, 5.41) is 14.9. The number of carbonyl (C=O) groups excluding carboxylic acids is 2. The molecule has 1 aromatic heterocycles. The van der Waals surface area contributed by atoms with Gasteiger partial charge >= 0.3 is 0 Å². The molecule has 2 heterocycles. The first-order valence-corrected chi connectivity index (χ1v) is 9.51. The minimum Gasteiger partial charge on any atom is -0.386 e. The van der Waals surface area contributed by atoms with E-state index in [4.69, 9.17) is 0 Å². The molecule has 6 nitrogen and oxygen atoms in total. The van der Waals surface area contributed by atoms with Crippen molar-refractivity contribution in [2.75, 3.05) is 38.0 Å². The van der Waals surface area contributed by atoms with E-state index >= 15 is 0 Å². The summed E-state index contributed by atoms with van der Waals surface area (Å²) in [6.45, 7) is 4.82. The second-order valence-electron chi connectivity index (χ2n) is 6.38. The van der Waals surface area contributed by atoms with Gasteiger partial charge in [0.15, 0.2) is 0 Å². The Bertz CT molecular complexity index is 738. The van der Waals surface area contributed by atoms with Crippen LogP contribution < -0.4 is 5.32 Å². The highest BCUT2D eigenvalue weighted by molar-refractivity contribution is 7.10. The lowest BCUT2D eigenvalue weighted by molar-refractivity contribution is -0.114. The number of aliphatic hydroxyl groups excluding tert-OH is 1. The maximum atomic E-state index is 12.6. The van der Waals surface area contributed by atoms with Crippen LogP contribution in [0.3, 0.4) is 0 Å². The molecule has 7 heteroatoms. The smallest absolute Gasteiger partial charge is 0.253 e. The molecular formula is C19H23N3O3S. The van der Waals surface area contributed by atoms with Crippen LogP contribution in [0.5, 0.6) is 0 Å². The predicted octanol–water partition coefficient (Wildman–Crippen LogP) is 2.20. The molecule has 0 saturated carbocycles. The van der Waals surface area contributed by atoms with Gasteiger partial charge in [0.25, 0.3) is 5.91 Å². The Morgan fingerprint density at radius 2 is 1.85 bits per heavy atom. The summed E-state index contributed by atoms with van der Waals surface area (Å²) in [7, 11) is 0. The molecule has 2 aromatic rings. The number of nitrogens with one attached hydrogen (secondary N) is 1. The number of anilines is 1. The maximum absolute atomic E-state index is 12.6. The van der Waals surface area contributed by atoms with Crippen LogP contribution in [0.2, 0.25) is 0 Å². The standard InChI is InChI=1S/C19H23N3O3S/c1-14(23)20-16-6-4-15(5-7-16)19(25)22-10-8-21(9-11-22)13-17(24)18-3-2-12-26-18/h2-7,12,17,24H,8-11,13H2,1H3,(H,20,23). The van der Waals surface area contributed by atoms with E-state index in [1.807, 2.05) is 22.4 Å². The Balaban J connectivity index is 1.51. The van der Waals surface area contributed by atoms with Crippen LogP contribution >= 0.6 is 11.3 Å². The molecule has 0 radical (unpaired) electrons. The number of piperazine rings is 1. The topological polar surface area (TPSA) is 72.9 Å². The summed E-state index contributed by atoms with van der Waals surface area (Å²) in [5.74, 6) is -0.136. The third-order valence-corrected chi connectivity index (χ3v) is 5.39. The van der Waals surface area contributed by atoms with Crippen LogP contribution in [-0.4, -0.2) is 59.4 Å². The SMILES string of the molecule is CC(=O)Nc1ccc(C(=O)N2CCN(CC(O)c3cccs3)CC2)cc1. The quantitative estimate of drug-likeness (QED) is 0.843. The Hall–Kier alpha value is -2.22. The van der Waals surface area contributed by atoms with Gasteiger partial charge in [-0.1, -0.05) is 6.07 Å². The van der Waals surface area contributed by atoms with Gasteiger partial charge in [0, 0.05) is 55.8 Å². The van der Waals surface area contributed by atoms with Crippen molar-refractivity contribution >= 4 is 28.8 Å². The second-order valence-corrected chi connectivity index (χ2v) is 7.36. The molecule has 1 aliphatic heterocycles. The third kappa shape index (κ3) is 4.69. The van der Waals surface area contributed by atoms with E-state index in [0.29, 0.717) is 30.9 Å². The van der Waals surface area contributed by atoms with E-state index in [1.165, 1.54) is 6.92 Å². The monoisotopic (exact) mass is 373 g/mol. The van der Waals surface area contributed by atoms with E-state index in [1.54, 1.807) is 35.6 Å². The van der Waals surface area contributed by atoms with Gasteiger partial charge in [0.2, 0.25) is 5.91 Å². The minimum atomic E-state index is -0.474. The first-order chi connectivity index (χ1) is 12.5. The predicted molar refractivity (Wildman–Crippen MR) is 102 cm³/mol. The normalized spacial score (nSPS) is 16.3. The number of rotatable bonds is 5. The van der Waals surface area contributed by atoms with Gasteiger partial charge in [-0.2, -0.15) is 0 Å². The molecule has 0 bridgehead atoms. The van der Waals surface area contributed by atoms with Gasteiger partial charge in [0.05, 0.1) is 0 Å². The molecule has 3 rings (SSSR count). The highest BCUT2D eigenvalue weighted by atomic mass is 32.1. The zero-order chi connectivity index (χ0) is 18.5. The summed E-state index contributed by atoms with van der Waals surface area (Å²) in [5.41, 5.74) is 1.30. The van der Waals surface area contributed by atoms with Gasteiger partial charge in [-0.15, -0.1) is 11.3 Å². The maximum Gasteiger partial charge on any atom is 0.253 e. The van der Waals surface area contributed by atoms with E-state index < -0.39 is 6.10 Å². The lowest BCUT2D eigenvalue weighted by Gasteiger charge is -2.35. The van der Waals surface area contributed by atoms with Crippen LogP contribution in [0.1, 0.15) is 28.3 Å². The van der Waals surface area contributed by atoms with Crippen LogP contribution in [0.15, 0.2) is 41.8 Å². The van der Waals surface area contributed by atoms with Crippen molar-refractivity contribution in [3.63, 3.8) is 0 Å². The Labute approximate surface area is 157 Å². The average molecular weight is 373 g/mol. The summed E-state index contributed by atoms with van der Waals surface area (Å²) in [6, 6.07) is 10.8. The molecule has 0 spiro atoms. The van der Waals surface area contributed by atoms with Crippen molar-refractivity contribution < 1.29 is 14.7 Å². The average Bonchev–Trinajstić information content (AvgIpc) is 3.17. The van der Waals surface area contributed by atoms with E-state index in [0.717, 1.165) is 18.0 Å². The number of hydrogen-bond donors (Lipinski definition) is 2. The highest BCUT2D eigenvalue weighted by Crippen LogP contribution is 2.20. The van der Waals surface area contributed by atoms with Gasteiger partial charge < -0.3 is 15.3 Å². The summed E-state index contributed by atoms with van der Waals surface area (Å²) in [4.78, 5) is 28.7. The lowest BCUT2D eigenvalue weighted by Crippen LogP contribution is -2.49. The van der Waals surface area contributed by atoms with Crippen molar-refractivity contribution in [2.45, 2.75) is 13.0 Å². The molecule has 1 saturated heterocycles. The van der Waals surface area contributed by atoms with E-state index in [-0.39, 0.29) is 11.8 Å². The van der Waals surface area contributed by atoms with Gasteiger partial charge in [-0.05, 0) is 35.7 Å². The van der Waals surface area contributed by atoms with E-state index in [9.17, 15) is 14.7 Å². The number of carbonyl (C=O) groups is 2. The highest BCUT2D eigenvalue weighted by Gasteiger charge is 2.24. The van der Waals surface area contributed by atoms with Crippen LogP contribution in [0.4, 0.5) is 5.69 Å². The largest absolute Gasteiger partial charge is 0.386 e. The zero-order valence-corrected chi connectivity index (χ0v) is 15.5. The molecule has 1 aromatic carbocycles. The van der Waals surface area contributed by atoms with Crippen LogP contribution in [0.25, 0.3) is 0 Å². The fourth-order valence-corrected chi connectivity index (χ4v) is 3.73. The molecule has 2 N–H and O–H groups in total. The fourth-order valence-electron chi connectivity index (χ4n) is 3.03. The molecular weight excluding hydrogens is 350 g/mol. The summed E-state index contributed by atoms with van der Waals surface area (Å²) < 4.78 is 0. The van der Waals surface area contributed by atoms with Gasteiger partial charge in [-0.3, -0.25) is 14.5 Å². The first-order valence-electron chi connectivity index (χ1n) is 8.63.